The number of benzene rings is 1. The molecule has 25 heavy (non-hydrogen) atoms. The number of esters is 1. The van der Waals surface area contributed by atoms with Crippen LogP contribution >= 0.6 is 34.3 Å². The van der Waals surface area contributed by atoms with Gasteiger partial charge in [-0.2, -0.15) is 0 Å². The number of rotatable bonds is 5. The first-order valence-electron chi connectivity index (χ1n) is 7.26. The van der Waals surface area contributed by atoms with Crippen LogP contribution in [-0.4, -0.2) is 23.5 Å². The average Bonchev–Trinajstić information content (AvgIpc) is 3.27. The van der Waals surface area contributed by atoms with Gasteiger partial charge in [-0.15, -0.1) is 22.7 Å². The maximum atomic E-state index is 12.0. The monoisotopic (exact) mass is 392 g/mol. The van der Waals surface area contributed by atoms with Gasteiger partial charge in [-0.05, 0) is 36.1 Å². The number of thiazole rings is 1. The predicted octanol–water partition coefficient (Wildman–Crippen LogP) is 4.63. The molecule has 1 N–H and O–H groups in total. The van der Waals surface area contributed by atoms with Crippen molar-refractivity contribution in [3.63, 3.8) is 0 Å². The topological polar surface area (TPSA) is 68.3 Å². The van der Waals surface area contributed by atoms with Gasteiger partial charge in [0.05, 0.1) is 4.88 Å². The van der Waals surface area contributed by atoms with Crippen LogP contribution in [0.15, 0.2) is 41.1 Å². The smallest absolute Gasteiger partial charge is 0.358 e. The van der Waals surface area contributed by atoms with E-state index in [-0.39, 0.29) is 5.69 Å². The fourth-order valence-electron chi connectivity index (χ4n) is 2.02. The Labute approximate surface area is 157 Å². The van der Waals surface area contributed by atoms with E-state index in [1.54, 1.807) is 41.8 Å². The van der Waals surface area contributed by atoms with Gasteiger partial charge < -0.3 is 10.1 Å². The summed E-state index contributed by atoms with van der Waals surface area (Å²) in [5.41, 5.74) is 1.53. The second kappa shape index (κ2) is 7.77. The number of anilines is 1. The molecule has 3 aromatic rings. The summed E-state index contributed by atoms with van der Waals surface area (Å²) in [6, 6.07) is 9.05. The molecule has 3 rings (SSSR count). The van der Waals surface area contributed by atoms with Crippen molar-refractivity contribution in [1.82, 2.24) is 4.98 Å². The van der Waals surface area contributed by atoms with Crippen LogP contribution in [0.4, 0.5) is 5.69 Å². The van der Waals surface area contributed by atoms with Crippen molar-refractivity contribution in [3.05, 3.63) is 57.4 Å². The van der Waals surface area contributed by atoms with E-state index >= 15 is 0 Å². The lowest BCUT2D eigenvalue weighted by Crippen LogP contribution is -2.21. The number of nitrogens with one attached hydrogen (secondary N) is 1. The molecule has 0 saturated carbocycles. The maximum absolute atomic E-state index is 12.0. The molecule has 0 radical (unpaired) electrons. The van der Waals surface area contributed by atoms with E-state index < -0.39 is 18.5 Å². The third-order valence-electron chi connectivity index (χ3n) is 3.32. The second-order valence-electron chi connectivity index (χ2n) is 5.05. The standard InChI is InChI=1S/C17H13ClN2O3S2/c1-10-11(18)4-2-5-12(10)19-15(21)8-23-17(22)13-9-25-16(20-13)14-6-3-7-24-14/h2-7,9H,8H2,1H3,(H,19,21). The molecule has 0 saturated heterocycles. The summed E-state index contributed by atoms with van der Waals surface area (Å²) < 4.78 is 5.03. The van der Waals surface area contributed by atoms with Crippen LogP contribution in [0.25, 0.3) is 9.88 Å². The zero-order valence-corrected chi connectivity index (χ0v) is 15.5. The average molecular weight is 393 g/mol. The van der Waals surface area contributed by atoms with Crippen molar-refractivity contribution in [3.8, 4) is 9.88 Å². The van der Waals surface area contributed by atoms with Gasteiger partial charge >= 0.3 is 5.97 Å². The molecule has 0 atom stereocenters. The first-order chi connectivity index (χ1) is 12.0. The molecule has 0 aliphatic heterocycles. The zero-order valence-electron chi connectivity index (χ0n) is 13.1. The van der Waals surface area contributed by atoms with Gasteiger partial charge in [0, 0.05) is 16.1 Å². The minimum absolute atomic E-state index is 0.195. The number of ether oxygens (including phenoxy) is 1. The summed E-state index contributed by atoms with van der Waals surface area (Å²) in [6.07, 6.45) is 0. The third kappa shape index (κ3) is 4.25. The van der Waals surface area contributed by atoms with Crippen LogP contribution in [0.3, 0.4) is 0 Å². The summed E-state index contributed by atoms with van der Waals surface area (Å²) in [6.45, 7) is 1.40. The van der Waals surface area contributed by atoms with E-state index in [0.717, 1.165) is 15.4 Å². The summed E-state index contributed by atoms with van der Waals surface area (Å²) in [5.74, 6) is -1.07. The molecule has 0 unspecified atom stereocenters. The van der Waals surface area contributed by atoms with Gasteiger partial charge in [-0.25, -0.2) is 9.78 Å². The van der Waals surface area contributed by atoms with Crippen molar-refractivity contribution in [2.45, 2.75) is 6.92 Å². The van der Waals surface area contributed by atoms with Crippen LogP contribution in [-0.2, 0) is 9.53 Å². The minimum Gasteiger partial charge on any atom is -0.451 e. The van der Waals surface area contributed by atoms with Gasteiger partial charge in [-0.3, -0.25) is 4.79 Å². The molecule has 0 fully saturated rings. The lowest BCUT2D eigenvalue weighted by molar-refractivity contribution is -0.119. The summed E-state index contributed by atoms with van der Waals surface area (Å²) in [4.78, 5) is 29.2. The van der Waals surface area contributed by atoms with Gasteiger partial charge in [0.1, 0.15) is 5.01 Å². The Morgan fingerprint density at radius 1 is 1.24 bits per heavy atom. The summed E-state index contributed by atoms with van der Waals surface area (Å²) in [7, 11) is 0. The van der Waals surface area contributed by atoms with Gasteiger partial charge in [0.15, 0.2) is 12.3 Å². The molecular formula is C17H13ClN2O3S2. The van der Waals surface area contributed by atoms with E-state index in [9.17, 15) is 9.59 Å². The van der Waals surface area contributed by atoms with Crippen molar-refractivity contribution in [2.75, 3.05) is 11.9 Å². The number of amides is 1. The number of carbonyl (C=O) groups excluding carboxylic acids is 2. The molecule has 2 heterocycles. The molecule has 0 bridgehead atoms. The zero-order chi connectivity index (χ0) is 17.8. The van der Waals surface area contributed by atoms with E-state index in [0.29, 0.717) is 10.7 Å². The molecule has 1 amide bonds. The van der Waals surface area contributed by atoms with Crippen LogP contribution in [0.1, 0.15) is 16.1 Å². The lowest BCUT2D eigenvalue weighted by Gasteiger charge is -2.09. The highest BCUT2D eigenvalue weighted by molar-refractivity contribution is 7.20. The Morgan fingerprint density at radius 3 is 2.84 bits per heavy atom. The van der Waals surface area contributed by atoms with E-state index in [4.69, 9.17) is 16.3 Å². The first kappa shape index (κ1) is 17.6. The Hall–Kier alpha value is -2.22. The largest absolute Gasteiger partial charge is 0.451 e. The van der Waals surface area contributed by atoms with E-state index in [1.807, 2.05) is 17.5 Å². The molecule has 2 aromatic heterocycles. The molecule has 128 valence electrons. The van der Waals surface area contributed by atoms with E-state index in [1.165, 1.54) is 11.3 Å². The Balaban J connectivity index is 1.57. The Morgan fingerprint density at radius 2 is 2.08 bits per heavy atom. The number of halogens is 1. The molecule has 8 heteroatoms. The summed E-state index contributed by atoms with van der Waals surface area (Å²) in [5, 5.41) is 7.54. The molecule has 1 aromatic carbocycles. The number of aromatic nitrogens is 1. The Bertz CT molecular complexity index is 907. The van der Waals surface area contributed by atoms with Gasteiger partial charge in [0.2, 0.25) is 0 Å². The van der Waals surface area contributed by atoms with Crippen molar-refractivity contribution >= 4 is 51.8 Å². The van der Waals surface area contributed by atoms with Crippen LogP contribution in [0.5, 0.6) is 0 Å². The van der Waals surface area contributed by atoms with Gasteiger partial charge in [-0.1, -0.05) is 23.7 Å². The van der Waals surface area contributed by atoms with Crippen molar-refractivity contribution in [1.29, 1.82) is 0 Å². The fourth-order valence-corrected chi connectivity index (χ4v) is 3.79. The third-order valence-corrected chi connectivity index (χ3v) is 5.61. The highest BCUT2D eigenvalue weighted by atomic mass is 35.5. The molecule has 0 aliphatic rings. The minimum atomic E-state index is -0.628. The highest BCUT2D eigenvalue weighted by Gasteiger charge is 2.16. The lowest BCUT2D eigenvalue weighted by atomic mass is 10.2. The Kier molecular flexibility index (Phi) is 5.47. The van der Waals surface area contributed by atoms with Gasteiger partial charge in [0.25, 0.3) is 5.91 Å². The normalized spacial score (nSPS) is 10.5. The number of carbonyl (C=O) groups is 2. The van der Waals surface area contributed by atoms with E-state index in [2.05, 4.69) is 10.3 Å². The fraction of sp³-hybridized carbons (Fsp3) is 0.118. The number of thiophene rings is 1. The highest BCUT2D eigenvalue weighted by Crippen LogP contribution is 2.28. The van der Waals surface area contributed by atoms with Crippen LogP contribution < -0.4 is 5.32 Å². The van der Waals surface area contributed by atoms with Crippen molar-refractivity contribution in [2.24, 2.45) is 0 Å². The molecule has 0 aliphatic carbocycles. The second-order valence-corrected chi connectivity index (χ2v) is 7.26. The number of hydrogen-bond donors (Lipinski definition) is 1. The predicted molar refractivity (Wildman–Crippen MR) is 101 cm³/mol. The van der Waals surface area contributed by atoms with Crippen LogP contribution in [0.2, 0.25) is 5.02 Å². The number of nitrogens with zero attached hydrogens (tertiary/aromatic N) is 1. The summed E-state index contributed by atoms with van der Waals surface area (Å²) >= 11 is 8.91. The first-order valence-corrected chi connectivity index (χ1v) is 9.40. The van der Waals surface area contributed by atoms with Crippen molar-refractivity contribution < 1.29 is 14.3 Å². The quantitative estimate of drug-likeness (QED) is 0.643. The van der Waals surface area contributed by atoms with Crippen LogP contribution in [0, 0.1) is 6.92 Å². The SMILES string of the molecule is Cc1c(Cl)cccc1NC(=O)COC(=O)c1csc(-c2cccs2)n1. The number of hydrogen-bond acceptors (Lipinski definition) is 6. The molecule has 0 spiro atoms. The molecule has 5 nitrogen and oxygen atoms in total. The molecular weight excluding hydrogens is 380 g/mol. The maximum Gasteiger partial charge on any atom is 0.358 e.